The molecule has 2 aromatic rings. The van der Waals surface area contributed by atoms with Crippen LogP contribution in [0.3, 0.4) is 0 Å². The molecule has 0 aliphatic rings. The highest BCUT2D eigenvalue weighted by atomic mass is 35.5. The molecule has 0 saturated carbocycles. The van der Waals surface area contributed by atoms with Crippen LogP contribution < -0.4 is 10.2 Å². The van der Waals surface area contributed by atoms with Gasteiger partial charge in [-0.15, -0.1) is 0 Å². The first kappa shape index (κ1) is 18.0. The number of benzene rings is 2. The van der Waals surface area contributed by atoms with Gasteiger partial charge in [-0.2, -0.15) is 5.10 Å². The zero-order valence-corrected chi connectivity index (χ0v) is 14.6. The Morgan fingerprint density at radius 3 is 2.71 bits per heavy atom. The molecule has 0 atom stereocenters. The summed E-state index contributed by atoms with van der Waals surface area (Å²) < 4.78 is 5.39. The van der Waals surface area contributed by atoms with Crippen LogP contribution in [0.15, 0.2) is 54.2 Å². The lowest BCUT2D eigenvalue weighted by molar-refractivity contribution is 0.0955. The summed E-state index contributed by atoms with van der Waals surface area (Å²) in [6.45, 7) is 5.82. The Balaban J connectivity index is 2.00. The SMILES string of the molecule is C=CCOc1ccc(/C=N\NC(=O)c2ccc(C)c(Cl)c2)cc1Cl. The Bertz CT molecular complexity index is 789. The number of hydrogen-bond donors (Lipinski definition) is 1. The van der Waals surface area contributed by atoms with Gasteiger partial charge in [-0.25, -0.2) is 5.43 Å². The van der Waals surface area contributed by atoms with Gasteiger partial charge < -0.3 is 4.74 Å². The number of hydrogen-bond acceptors (Lipinski definition) is 3. The summed E-state index contributed by atoms with van der Waals surface area (Å²) in [5.74, 6) is 0.220. The molecular weight excluding hydrogens is 347 g/mol. The zero-order chi connectivity index (χ0) is 17.5. The van der Waals surface area contributed by atoms with Crippen molar-refractivity contribution in [2.75, 3.05) is 6.61 Å². The normalized spacial score (nSPS) is 10.6. The number of nitrogens with zero attached hydrogens (tertiary/aromatic N) is 1. The number of carbonyl (C=O) groups is 1. The van der Waals surface area contributed by atoms with Crippen molar-refractivity contribution >= 4 is 35.3 Å². The highest BCUT2D eigenvalue weighted by molar-refractivity contribution is 6.32. The van der Waals surface area contributed by atoms with Crippen molar-refractivity contribution in [3.05, 3.63) is 75.8 Å². The predicted octanol–water partition coefficient (Wildman–Crippen LogP) is 4.63. The summed E-state index contributed by atoms with van der Waals surface area (Å²) in [6.07, 6.45) is 3.13. The molecule has 0 aromatic heterocycles. The first-order valence-corrected chi connectivity index (χ1v) is 7.89. The van der Waals surface area contributed by atoms with E-state index in [2.05, 4.69) is 17.1 Å². The fourth-order valence-electron chi connectivity index (χ4n) is 1.83. The van der Waals surface area contributed by atoms with Gasteiger partial charge >= 0.3 is 0 Å². The molecule has 0 fully saturated rings. The zero-order valence-electron chi connectivity index (χ0n) is 13.1. The second-order valence-electron chi connectivity index (χ2n) is 4.95. The van der Waals surface area contributed by atoms with Crippen molar-refractivity contribution in [3.8, 4) is 5.75 Å². The molecule has 0 radical (unpaired) electrons. The lowest BCUT2D eigenvalue weighted by atomic mass is 10.1. The fraction of sp³-hybridized carbons (Fsp3) is 0.111. The molecule has 1 amide bonds. The van der Waals surface area contributed by atoms with Gasteiger partial charge in [0.1, 0.15) is 12.4 Å². The minimum Gasteiger partial charge on any atom is -0.488 e. The van der Waals surface area contributed by atoms with Gasteiger partial charge in [-0.3, -0.25) is 4.79 Å². The van der Waals surface area contributed by atoms with Crippen molar-refractivity contribution in [2.45, 2.75) is 6.92 Å². The summed E-state index contributed by atoms with van der Waals surface area (Å²) in [4.78, 5) is 12.0. The Labute approximate surface area is 150 Å². The molecular formula is C18H16Cl2N2O2. The number of aryl methyl sites for hydroxylation is 1. The molecule has 0 unspecified atom stereocenters. The number of nitrogens with one attached hydrogen (secondary N) is 1. The van der Waals surface area contributed by atoms with E-state index in [1.54, 1.807) is 42.5 Å². The minimum absolute atomic E-state index is 0.342. The number of rotatable bonds is 6. The Hall–Kier alpha value is -2.30. The quantitative estimate of drug-likeness (QED) is 0.462. The number of amides is 1. The van der Waals surface area contributed by atoms with Gasteiger partial charge in [0.25, 0.3) is 5.91 Å². The molecule has 2 rings (SSSR count). The standard InChI is InChI=1S/C18H16Cl2N2O2/c1-3-8-24-17-7-5-13(9-16(17)20)11-21-22-18(23)14-6-4-12(2)15(19)10-14/h3-7,9-11H,1,8H2,2H3,(H,22,23)/b21-11-. The van der Waals surface area contributed by atoms with Gasteiger partial charge in [-0.05, 0) is 48.4 Å². The van der Waals surface area contributed by atoms with E-state index >= 15 is 0 Å². The van der Waals surface area contributed by atoms with Crippen molar-refractivity contribution in [3.63, 3.8) is 0 Å². The molecule has 0 spiro atoms. The lowest BCUT2D eigenvalue weighted by Crippen LogP contribution is -2.17. The Kier molecular flexibility index (Phi) is 6.41. The van der Waals surface area contributed by atoms with E-state index in [0.717, 1.165) is 11.1 Å². The van der Waals surface area contributed by atoms with E-state index in [0.29, 0.717) is 28.0 Å². The molecule has 2 aromatic carbocycles. The molecule has 6 heteroatoms. The molecule has 0 heterocycles. The smallest absolute Gasteiger partial charge is 0.271 e. The first-order chi connectivity index (χ1) is 11.5. The molecule has 1 N–H and O–H groups in total. The Morgan fingerprint density at radius 2 is 2.04 bits per heavy atom. The average molecular weight is 363 g/mol. The number of ether oxygens (including phenoxy) is 1. The van der Waals surface area contributed by atoms with Crippen molar-refractivity contribution in [2.24, 2.45) is 5.10 Å². The highest BCUT2D eigenvalue weighted by Gasteiger charge is 2.06. The van der Waals surface area contributed by atoms with Crippen molar-refractivity contribution in [1.82, 2.24) is 5.43 Å². The van der Waals surface area contributed by atoms with Gasteiger partial charge in [0.15, 0.2) is 0 Å². The van der Waals surface area contributed by atoms with Gasteiger partial charge in [0, 0.05) is 10.6 Å². The van der Waals surface area contributed by atoms with E-state index in [-0.39, 0.29) is 5.91 Å². The van der Waals surface area contributed by atoms with Crippen LogP contribution >= 0.6 is 23.2 Å². The molecule has 4 nitrogen and oxygen atoms in total. The molecule has 24 heavy (non-hydrogen) atoms. The molecule has 0 aliphatic carbocycles. The van der Waals surface area contributed by atoms with Crippen molar-refractivity contribution < 1.29 is 9.53 Å². The number of halogens is 2. The minimum atomic E-state index is -0.342. The summed E-state index contributed by atoms with van der Waals surface area (Å²) in [5, 5.41) is 4.91. The first-order valence-electron chi connectivity index (χ1n) is 7.14. The van der Waals surface area contributed by atoms with E-state index < -0.39 is 0 Å². The van der Waals surface area contributed by atoms with E-state index in [1.807, 2.05) is 6.92 Å². The van der Waals surface area contributed by atoms with Gasteiger partial charge in [0.05, 0.1) is 11.2 Å². The molecule has 0 aliphatic heterocycles. The third-order valence-electron chi connectivity index (χ3n) is 3.13. The third kappa shape index (κ3) is 4.85. The van der Waals surface area contributed by atoms with Crippen LogP contribution in [0.5, 0.6) is 5.75 Å². The molecule has 0 bridgehead atoms. The maximum Gasteiger partial charge on any atom is 0.271 e. The maximum atomic E-state index is 12.0. The van der Waals surface area contributed by atoms with Crippen LogP contribution in [0, 0.1) is 6.92 Å². The summed E-state index contributed by atoms with van der Waals surface area (Å²) in [7, 11) is 0. The van der Waals surface area contributed by atoms with Crippen LogP contribution in [0.1, 0.15) is 21.5 Å². The Morgan fingerprint density at radius 1 is 1.25 bits per heavy atom. The summed E-state index contributed by atoms with van der Waals surface area (Å²) >= 11 is 12.1. The topological polar surface area (TPSA) is 50.7 Å². The third-order valence-corrected chi connectivity index (χ3v) is 3.83. The summed E-state index contributed by atoms with van der Waals surface area (Å²) in [6, 6.07) is 10.3. The van der Waals surface area contributed by atoms with E-state index in [9.17, 15) is 4.79 Å². The van der Waals surface area contributed by atoms with Crippen LogP contribution in [-0.2, 0) is 0 Å². The molecule has 124 valence electrons. The number of carbonyl (C=O) groups excluding carboxylic acids is 1. The maximum absolute atomic E-state index is 12.0. The van der Waals surface area contributed by atoms with E-state index in [4.69, 9.17) is 27.9 Å². The monoisotopic (exact) mass is 362 g/mol. The second kappa shape index (κ2) is 8.52. The number of hydrazone groups is 1. The lowest BCUT2D eigenvalue weighted by Gasteiger charge is -2.06. The predicted molar refractivity (Wildman–Crippen MR) is 98.4 cm³/mol. The van der Waals surface area contributed by atoms with Gasteiger partial charge in [-0.1, -0.05) is 41.9 Å². The largest absolute Gasteiger partial charge is 0.488 e. The summed E-state index contributed by atoms with van der Waals surface area (Å²) in [5.41, 5.74) is 4.52. The van der Waals surface area contributed by atoms with Crippen molar-refractivity contribution in [1.29, 1.82) is 0 Å². The molecule has 0 saturated heterocycles. The second-order valence-corrected chi connectivity index (χ2v) is 5.77. The van der Waals surface area contributed by atoms with Crippen LogP contribution in [0.4, 0.5) is 0 Å². The van der Waals surface area contributed by atoms with Crippen LogP contribution in [-0.4, -0.2) is 18.7 Å². The fourth-order valence-corrected chi connectivity index (χ4v) is 2.25. The average Bonchev–Trinajstić information content (AvgIpc) is 2.56. The van der Waals surface area contributed by atoms with Gasteiger partial charge in [0.2, 0.25) is 0 Å². The highest BCUT2D eigenvalue weighted by Crippen LogP contribution is 2.24. The van der Waals surface area contributed by atoms with E-state index in [1.165, 1.54) is 6.21 Å². The van der Waals surface area contributed by atoms with Crippen LogP contribution in [0.25, 0.3) is 0 Å². The van der Waals surface area contributed by atoms with Crippen LogP contribution in [0.2, 0.25) is 10.0 Å².